The molecule has 0 spiro atoms. The molecule has 2 atom stereocenters. The van der Waals surface area contributed by atoms with Crippen molar-refractivity contribution < 1.29 is 14.6 Å². The van der Waals surface area contributed by atoms with Crippen LogP contribution in [0.1, 0.15) is 29.2 Å². The fourth-order valence-corrected chi connectivity index (χ4v) is 3.49. The minimum Gasteiger partial charge on any atom is -0.508 e. The van der Waals surface area contributed by atoms with Crippen LogP contribution in [0.4, 0.5) is 0 Å². The molecule has 0 aliphatic carbocycles. The van der Waals surface area contributed by atoms with Crippen molar-refractivity contribution in [3.8, 4) is 11.5 Å². The number of hydrogen-bond acceptors (Lipinski definition) is 5. The van der Waals surface area contributed by atoms with Crippen LogP contribution in [-0.2, 0) is 17.6 Å². The standard InChI is InChI=1S/C20H23N3O3/c24-16-4-1-13(2-5-16)7-9-21-20(25)18-12-17(22-23-18)14-3-6-19-15(11-14)8-10-26-19/h1-6,11,17-18,22-24H,7-10,12H2,(H,21,25). The van der Waals surface area contributed by atoms with Crippen LogP contribution in [0.2, 0.25) is 0 Å². The van der Waals surface area contributed by atoms with E-state index < -0.39 is 0 Å². The third kappa shape index (κ3) is 3.66. The van der Waals surface area contributed by atoms with Gasteiger partial charge in [-0.15, -0.1) is 0 Å². The van der Waals surface area contributed by atoms with Crippen LogP contribution >= 0.6 is 0 Å². The van der Waals surface area contributed by atoms with Crippen molar-refractivity contribution in [2.75, 3.05) is 13.2 Å². The van der Waals surface area contributed by atoms with Crippen molar-refractivity contribution in [3.05, 3.63) is 59.2 Å². The Labute approximate surface area is 152 Å². The second-order valence-electron chi connectivity index (χ2n) is 6.80. The summed E-state index contributed by atoms with van der Waals surface area (Å²) < 4.78 is 5.55. The number of carbonyl (C=O) groups is 1. The number of phenolic OH excluding ortho intramolecular Hbond substituents is 1. The fourth-order valence-electron chi connectivity index (χ4n) is 3.49. The van der Waals surface area contributed by atoms with Crippen molar-refractivity contribution in [1.82, 2.24) is 16.2 Å². The topological polar surface area (TPSA) is 82.6 Å². The van der Waals surface area contributed by atoms with E-state index in [0.29, 0.717) is 13.0 Å². The molecular formula is C20H23N3O3. The van der Waals surface area contributed by atoms with Crippen LogP contribution in [-0.4, -0.2) is 30.2 Å². The molecule has 4 N–H and O–H groups in total. The quantitative estimate of drug-likeness (QED) is 0.656. The maximum absolute atomic E-state index is 12.4. The second kappa shape index (κ2) is 7.35. The number of aromatic hydroxyl groups is 1. The SMILES string of the molecule is O=C(NCCc1ccc(O)cc1)C1CC(c2ccc3c(c2)CCO3)NN1. The molecule has 2 aliphatic rings. The maximum atomic E-state index is 12.4. The average Bonchev–Trinajstić information content (AvgIpc) is 3.32. The number of nitrogens with one attached hydrogen (secondary N) is 3. The maximum Gasteiger partial charge on any atom is 0.238 e. The van der Waals surface area contributed by atoms with Gasteiger partial charge in [-0.2, -0.15) is 0 Å². The number of phenols is 1. The van der Waals surface area contributed by atoms with E-state index in [0.717, 1.165) is 30.8 Å². The Morgan fingerprint density at radius 1 is 1.19 bits per heavy atom. The molecule has 2 unspecified atom stereocenters. The lowest BCUT2D eigenvalue weighted by molar-refractivity contribution is -0.122. The summed E-state index contributed by atoms with van der Waals surface area (Å²) in [5.41, 5.74) is 9.84. The van der Waals surface area contributed by atoms with E-state index in [-0.39, 0.29) is 23.7 Å². The van der Waals surface area contributed by atoms with Gasteiger partial charge in [0.05, 0.1) is 6.61 Å². The zero-order valence-electron chi connectivity index (χ0n) is 14.5. The first-order chi connectivity index (χ1) is 12.7. The minimum atomic E-state index is -0.246. The summed E-state index contributed by atoms with van der Waals surface area (Å²) in [5.74, 6) is 1.23. The molecule has 26 heavy (non-hydrogen) atoms. The smallest absolute Gasteiger partial charge is 0.238 e. The highest BCUT2D eigenvalue weighted by atomic mass is 16.5. The molecule has 136 valence electrons. The molecule has 1 saturated heterocycles. The Morgan fingerprint density at radius 2 is 2.04 bits per heavy atom. The van der Waals surface area contributed by atoms with E-state index in [4.69, 9.17) is 4.74 Å². The van der Waals surface area contributed by atoms with Crippen molar-refractivity contribution >= 4 is 5.91 Å². The van der Waals surface area contributed by atoms with Crippen LogP contribution in [0, 0.1) is 0 Å². The number of amides is 1. The second-order valence-corrected chi connectivity index (χ2v) is 6.80. The molecule has 4 rings (SSSR count). The van der Waals surface area contributed by atoms with Gasteiger partial charge in [0.2, 0.25) is 5.91 Å². The Hall–Kier alpha value is -2.57. The summed E-state index contributed by atoms with van der Waals surface area (Å²) in [4.78, 5) is 12.4. The molecule has 0 radical (unpaired) electrons. The van der Waals surface area contributed by atoms with Gasteiger partial charge < -0.3 is 15.2 Å². The van der Waals surface area contributed by atoms with Gasteiger partial charge in [0.1, 0.15) is 17.5 Å². The van der Waals surface area contributed by atoms with Gasteiger partial charge in [-0.05, 0) is 47.7 Å². The Morgan fingerprint density at radius 3 is 2.88 bits per heavy atom. The van der Waals surface area contributed by atoms with E-state index in [1.165, 1.54) is 11.1 Å². The largest absolute Gasteiger partial charge is 0.508 e. The lowest BCUT2D eigenvalue weighted by atomic mass is 9.99. The van der Waals surface area contributed by atoms with Crippen molar-refractivity contribution in [2.24, 2.45) is 0 Å². The molecule has 0 bridgehead atoms. The first kappa shape index (κ1) is 16.9. The van der Waals surface area contributed by atoms with Crippen molar-refractivity contribution in [1.29, 1.82) is 0 Å². The Balaban J connectivity index is 1.28. The summed E-state index contributed by atoms with van der Waals surface area (Å²) in [6.07, 6.45) is 2.40. The average molecular weight is 353 g/mol. The normalized spacial score (nSPS) is 21.2. The van der Waals surface area contributed by atoms with E-state index in [1.807, 2.05) is 18.2 Å². The van der Waals surface area contributed by atoms with Crippen molar-refractivity contribution in [3.63, 3.8) is 0 Å². The van der Waals surface area contributed by atoms with Gasteiger partial charge in [0.15, 0.2) is 0 Å². The highest BCUT2D eigenvalue weighted by molar-refractivity contribution is 5.82. The zero-order chi connectivity index (χ0) is 17.9. The molecule has 0 saturated carbocycles. The molecule has 6 heteroatoms. The van der Waals surface area contributed by atoms with Gasteiger partial charge in [-0.3, -0.25) is 4.79 Å². The predicted molar refractivity (Wildman–Crippen MR) is 97.9 cm³/mol. The minimum absolute atomic E-state index is 0.00303. The van der Waals surface area contributed by atoms with Crippen LogP contribution in [0.5, 0.6) is 11.5 Å². The van der Waals surface area contributed by atoms with Gasteiger partial charge >= 0.3 is 0 Å². The molecule has 2 aromatic carbocycles. The first-order valence-corrected chi connectivity index (χ1v) is 9.01. The predicted octanol–water partition coefficient (Wildman–Crippen LogP) is 1.59. The molecule has 2 heterocycles. The summed E-state index contributed by atoms with van der Waals surface area (Å²) in [5, 5.41) is 12.3. The zero-order valence-corrected chi connectivity index (χ0v) is 14.5. The van der Waals surface area contributed by atoms with Gasteiger partial charge in [0.25, 0.3) is 0 Å². The van der Waals surface area contributed by atoms with Gasteiger partial charge in [0, 0.05) is 19.0 Å². The Bertz CT molecular complexity index is 791. The third-order valence-electron chi connectivity index (χ3n) is 4.98. The van der Waals surface area contributed by atoms with Crippen LogP contribution in [0.25, 0.3) is 0 Å². The monoisotopic (exact) mass is 353 g/mol. The summed E-state index contributed by atoms with van der Waals surface area (Å²) >= 11 is 0. The van der Waals surface area contributed by atoms with E-state index in [2.05, 4.69) is 28.3 Å². The number of hydrogen-bond donors (Lipinski definition) is 4. The number of rotatable bonds is 5. The third-order valence-corrected chi connectivity index (χ3v) is 4.98. The van der Waals surface area contributed by atoms with Crippen molar-refractivity contribution in [2.45, 2.75) is 31.3 Å². The molecule has 6 nitrogen and oxygen atoms in total. The molecule has 1 fully saturated rings. The summed E-state index contributed by atoms with van der Waals surface area (Å²) in [6, 6.07) is 13.2. The van der Waals surface area contributed by atoms with Crippen LogP contribution in [0.3, 0.4) is 0 Å². The van der Waals surface area contributed by atoms with Crippen LogP contribution < -0.4 is 20.9 Å². The first-order valence-electron chi connectivity index (χ1n) is 9.01. The molecule has 1 amide bonds. The Kier molecular flexibility index (Phi) is 4.77. The summed E-state index contributed by atoms with van der Waals surface area (Å²) in [7, 11) is 0. The fraction of sp³-hybridized carbons (Fsp3) is 0.350. The van der Waals surface area contributed by atoms with E-state index in [9.17, 15) is 9.90 Å². The van der Waals surface area contributed by atoms with Gasteiger partial charge in [-0.1, -0.05) is 24.3 Å². The lowest BCUT2D eigenvalue weighted by Gasteiger charge is -2.11. The molecule has 2 aromatic rings. The molecule has 0 aromatic heterocycles. The number of benzene rings is 2. The highest BCUT2D eigenvalue weighted by Crippen LogP contribution is 2.30. The molecule has 2 aliphatic heterocycles. The van der Waals surface area contributed by atoms with Gasteiger partial charge in [-0.25, -0.2) is 10.9 Å². The van der Waals surface area contributed by atoms with Crippen LogP contribution in [0.15, 0.2) is 42.5 Å². The van der Waals surface area contributed by atoms with E-state index >= 15 is 0 Å². The lowest BCUT2D eigenvalue weighted by Crippen LogP contribution is -2.43. The summed E-state index contributed by atoms with van der Waals surface area (Å²) in [6.45, 7) is 1.32. The van der Waals surface area contributed by atoms with E-state index in [1.54, 1.807) is 12.1 Å². The number of ether oxygens (including phenoxy) is 1. The molecular weight excluding hydrogens is 330 g/mol. The number of fused-ring (bicyclic) bond motifs is 1. The number of hydrazine groups is 1. The number of carbonyl (C=O) groups excluding carboxylic acids is 1. The highest BCUT2D eigenvalue weighted by Gasteiger charge is 2.30.